The van der Waals surface area contributed by atoms with E-state index in [1.807, 2.05) is 0 Å². The zero-order valence-electron chi connectivity index (χ0n) is 6.65. The molecule has 0 saturated carbocycles. The number of anilines is 1. The molecule has 1 radical (unpaired) electrons. The van der Waals surface area contributed by atoms with Gasteiger partial charge in [-0.05, 0) is 12.1 Å². The zero-order valence-corrected chi connectivity index (χ0v) is 6.65. The first-order valence-corrected chi connectivity index (χ1v) is 3.39. The van der Waals surface area contributed by atoms with Gasteiger partial charge in [0.05, 0.1) is 0 Å². The molecule has 61 valence electrons. The lowest BCUT2D eigenvalue weighted by atomic mass is 10.2. The molecule has 1 N–H and O–H groups in total. The van der Waals surface area contributed by atoms with E-state index in [2.05, 4.69) is 14.9 Å². The highest BCUT2D eigenvalue weighted by molar-refractivity contribution is 6.32. The predicted octanol–water partition coefficient (Wildman–Crippen LogP) is 0.487. The zero-order chi connectivity index (χ0) is 8.81. The number of carbonyl (C=O) groups is 1. The van der Waals surface area contributed by atoms with Crippen molar-refractivity contribution in [2.45, 2.75) is 0 Å². The van der Waals surface area contributed by atoms with Crippen LogP contribution in [-0.2, 0) is 4.65 Å². The molecule has 0 unspecified atom stereocenters. The van der Waals surface area contributed by atoms with E-state index in [1.165, 1.54) is 14.7 Å². The Balaban J connectivity index is 2.66. The maximum Gasteiger partial charge on any atom is 0.437 e. The summed E-state index contributed by atoms with van der Waals surface area (Å²) in [5.41, 5.74) is 0.581. The number of aldehydes is 1. The Morgan fingerprint density at radius 1 is 1.75 bits per heavy atom. The molecular weight excluding hydrogens is 155 g/mol. The summed E-state index contributed by atoms with van der Waals surface area (Å²) in [6.07, 6.45) is 2.31. The molecule has 0 aliphatic carbocycles. The fourth-order valence-corrected chi connectivity index (χ4v) is 0.718. The molecule has 0 spiro atoms. The quantitative estimate of drug-likeness (QED) is 0.518. The first-order valence-electron chi connectivity index (χ1n) is 3.39. The Bertz CT molecular complexity index is 267. The molecule has 0 aromatic carbocycles. The number of rotatable bonds is 4. The lowest BCUT2D eigenvalue weighted by Crippen LogP contribution is -2.09. The molecule has 1 rings (SSSR count). The van der Waals surface area contributed by atoms with Crippen LogP contribution in [0.4, 0.5) is 5.82 Å². The second-order valence-electron chi connectivity index (χ2n) is 2.09. The fraction of sp³-hybridized carbons (Fsp3) is 0.143. The molecular formula is C7H8BN2O2. The van der Waals surface area contributed by atoms with Gasteiger partial charge < -0.3 is 9.88 Å². The van der Waals surface area contributed by atoms with Gasteiger partial charge in [0.1, 0.15) is 12.1 Å². The molecule has 4 nitrogen and oxygen atoms in total. The van der Waals surface area contributed by atoms with Gasteiger partial charge in [0.25, 0.3) is 0 Å². The van der Waals surface area contributed by atoms with Crippen molar-refractivity contribution in [3.05, 3.63) is 23.9 Å². The highest BCUT2D eigenvalue weighted by Crippen LogP contribution is 2.02. The molecule has 1 aromatic rings. The van der Waals surface area contributed by atoms with Gasteiger partial charge in [-0.3, -0.25) is 4.79 Å². The average Bonchev–Trinajstić information content (AvgIpc) is 2.15. The molecule has 12 heavy (non-hydrogen) atoms. The van der Waals surface area contributed by atoms with Crippen LogP contribution in [0.3, 0.4) is 0 Å². The number of nitrogens with one attached hydrogen (secondary N) is 1. The Morgan fingerprint density at radius 3 is 3.25 bits per heavy atom. The van der Waals surface area contributed by atoms with E-state index in [0.29, 0.717) is 11.4 Å². The SMILES string of the molecule is CO[B]Nc1cc(C=O)ccn1. The third-order valence-corrected chi connectivity index (χ3v) is 1.24. The average molecular weight is 163 g/mol. The van der Waals surface area contributed by atoms with E-state index in [4.69, 9.17) is 0 Å². The van der Waals surface area contributed by atoms with Crippen LogP contribution in [0.5, 0.6) is 0 Å². The molecule has 0 amide bonds. The Labute approximate surface area is 71.3 Å². The lowest BCUT2D eigenvalue weighted by molar-refractivity contribution is 0.112. The summed E-state index contributed by atoms with van der Waals surface area (Å²) in [6.45, 7) is 0. The molecule has 0 aliphatic heterocycles. The van der Waals surface area contributed by atoms with Gasteiger partial charge in [-0.15, -0.1) is 0 Å². The summed E-state index contributed by atoms with van der Waals surface area (Å²) in [6, 6.07) is 3.26. The van der Waals surface area contributed by atoms with Crippen molar-refractivity contribution in [3.8, 4) is 0 Å². The molecule has 1 heterocycles. The summed E-state index contributed by atoms with van der Waals surface area (Å²) in [4.78, 5) is 14.3. The summed E-state index contributed by atoms with van der Waals surface area (Å²) >= 11 is 0. The molecule has 0 saturated heterocycles. The van der Waals surface area contributed by atoms with Crippen molar-refractivity contribution in [2.75, 3.05) is 12.3 Å². The van der Waals surface area contributed by atoms with Crippen LogP contribution in [0.15, 0.2) is 18.3 Å². The minimum atomic E-state index is 0.581. The minimum absolute atomic E-state index is 0.581. The van der Waals surface area contributed by atoms with Crippen LogP contribution >= 0.6 is 0 Å². The molecule has 1 aromatic heterocycles. The van der Waals surface area contributed by atoms with Crippen molar-refractivity contribution >= 4 is 19.7 Å². The number of hydrogen-bond acceptors (Lipinski definition) is 4. The summed E-state index contributed by atoms with van der Waals surface area (Å²) in [5.74, 6) is 0.585. The standard InChI is InChI=1S/C7H8BN2O2/c1-12-8-10-7-4-6(5-11)2-3-9-7/h2-5H,1H3,(H,9,10). The van der Waals surface area contributed by atoms with E-state index in [9.17, 15) is 4.79 Å². The molecule has 0 bridgehead atoms. The number of nitrogens with zero attached hydrogens (tertiary/aromatic N) is 1. The van der Waals surface area contributed by atoms with Crippen LogP contribution in [-0.4, -0.2) is 26.0 Å². The van der Waals surface area contributed by atoms with Crippen molar-refractivity contribution in [1.29, 1.82) is 0 Å². The van der Waals surface area contributed by atoms with Crippen molar-refractivity contribution in [3.63, 3.8) is 0 Å². The van der Waals surface area contributed by atoms with E-state index in [0.717, 1.165) is 6.29 Å². The highest BCUT2D eigenvalue weighted by Gasteiger charge is 1.95. The van der Waals surface area contributed by atoms with Gasteiger partial charge in [-0.2, -0.15) is 0 Å². The topological polar surface area (TPSA) is 51.2 Å². The normalized spacial score (nSPS) is 9.08. The molecule has 5 heteroatoms. The van der Waals surface area contributed by atoms with Gasteiger partial charge >= 0.3 is 7.62 Å². The van der Waals surface area contributed by atoms with Gasteiger partial charge in [0.2, 0.25) is 0 Å². The largest absolute Gasteiger partial charge is 0.437 e. The fourth-order valence-electron chi connectivity index (χ4n) is 0.718. The minimum Gasteiger partial charge on any atom is -0.422 e. The van der Waals surface area contributed by atoms with Crippen molar-refractivity contribution in [2.24, 2.45) is 0 Å². The van der Waals surface area contributed by atoms with Crippen molar-refractivity contribution in [1.82, 2.24) is 4.98 Å². The molecule has 0 atom stereocenters. The smallest absolute Gasteiger partial charge is 0.422 e. The number of carbonyl (C=O) groups excluding carboxylic acids is 1. The van der Waals surface area contributed by atoms with Crippen LogP contribution in [0, 0.1) is 0 Å². The van der Waals surface area contributed by atoms with E-state index >= 15 is 0 Å². The van der Waals surface area contributed by atoms with Gasteiger partial charge in [-0.1, -0.05) is 0 Å². The van der Waals surface area contributed by atoms with E-state index < -0.39 is 0 Å². The third kappa shape index (κ3) is 2.36. The monoisotopic (exact) mass is 163 g/mol. The van der Waals surface area contributed by atoms with Crippen molar-refractivity contribution < 1.29 is 9.45 Å². The van der Waals surface area contributed by atoms with Gasteiger partial charge in [0, 0.05) is 18.9 Å². The van der Waals surface area contributed by atoms with Crippen LogP contribution in [0.25, 0.3) is 0 Å². The summed E-state index contributed by atoms with van der Waals surface area (Å²) < 4.78 is 4.65. The number of hydrogen-bond donors (Lipinski definition) is 1. The second kappa shape index (κ2) is 4.51. The maximum atomic E-state index is 10.3. The summed E-state index contributed by atoms with van der Waals surface area (Å²) in [5, 5.41) is 2.75. The van der Waals surface area contributed by atoms with E-state index in [1.54, 1.807) is 18.3 Å². The van der Waals surface area contributed by atoms with Crippen LogP contribution < -0.4 is 5.23 Å². The lowest BCUT2D eigenvalue weighted by Gasteiger charge is -2.00. The van der Waals surface area contributed by atoms with Crippen LogP contribution in [0.1, 0.15) is 10.4 Å². The maximum absolute atomic E-state index is 10.3. The Kier molecular flexibility index (Phi) is 3.28. The van der Waals surface area contributed by atoms with Crippen LogP contribution in [0.2, 0.25) is 0 Å². The molecule has 0 aliphatic rings. The Hall–Kier alpha value is -1.36. The predicted molar refractivity (Wildman–Crippen MR) is 46.0 cm³/mol. The molecule has 0 fully saturated rings. The number of pyridine rings is 1. The highest BCUT2D eigenvalue weighted by atomic mass is 16.4. The summed E-state index contributed by atoms with van der Waals surface area (Å²) in [7, 11) is 2.91. The van der Waals surface area contributed by atoms with Gasteiger partial charge in [0.15, 0.2) is 0 Å². The Morgan fingerprint density at radius 2 is 2.58 bits per heavy atom. The van der Waals surface area contributed by atoms with Gasteiger partial charge in [-0.25, -0.2) is 4.98 Å². The van der Waals surface area contributed by atoms with E-state index in [-0.39, 0.29) is 0 Å². The second-order valence-corrected chi connectivity index (χ2v) is 2.09. The third-order valence-electron chi connectivity index (χ3n) is 1.24. The number of aromatic nitrogens is 1. The first-order chi connectivity index (χ1) is 5.86. The first kappa shape index (κ1) is 8.74.